The molecule has 0 bridgehead atoms. The number of benzene rings is 2. The van der Waals surface area contributed by atoms with Gasteiger partial charge in [0.05, 0.1) is 11.2 Å². The van der Waals surface area contributed by atoms with E-state index in [-0.39, 0.29) is 33.5 Å². The number of anilines is 1. The number of phenolic OH excluding ortho intramolecular Hbond substituents is 1. The summed E-state index contributed by atoms with van der Waals surface area (Å²) in [6, 6.07) is 10.6. The summed E-state index contributed by atoms with van der Waals surface area (Å²) in [6.45, 7) is 4.48. The minimum Gasteiger partial charge on any atom is -0.508 e. The van der Waals surface area contributed by atoms with E-state index in [0.717, 1.165) is 6.42 Å². The minimum atomic E-state index is -4.13. The molecule has 30 heavy (non-hydrogen) atoms. The summed E-state index contributed by atoms with van der Waals surface area (Å²) in [5.41, 5.74) is -0.130. The summed E-state index contributed by atoms with van der Waals surface area (Å²) in [5.74, 6) is -0.427. The van der Waals surface area contributed by atoms with Crippen molar-refractivity contribution < 1.29 is 18.6 Å². The Morgan fingerprint density at radius 2 is 1.87 bits per heavy atom. The second-order valence-electron chi connectivity index (χ2n) is 7.60. The van der Waals surface area contributed by atoms with E-state index in [1.54, 1.807) is 24.3 Å². The molecule has 0 saturated carbocycles. The zero-order chi connectivity index (χ0) is 21.6. The summed E-state index contributed by atoms with van der Waals surface area (Å²) < 4.78 is 30.6. The number of aryl methyl sites for hydroxylation is 1. The molecule has 0 saturated heterocycles. The van der Waals surface area contributed by atoms with Crippen molar-refractivity contribution in [1.29, 1.82) is 0 Å². The predicted molar refractivity (Wildman–Crippen MR) is 115 cm³/mol. The van der Waals surface area contributed by atoms with Gasteiger partial charge in [0.15, 0.2) is 5.84 Å². The SMILES string of the molecule is CC(C)CCn1c(=O)c(C2=NS(=O)(=O)c3ccc(O)cc3N2)c(O)c2ccccc21. The molecule has 156 valence electrons. The Kier molecular flexibility index (Phi) is 4.77. The number of nitrogens with one attached hydrogen (secondary N) is 1. The fourth-order valence-electron chi connectivity index (χ4n) is 3.48. The van der Waals surface area contributed by atoms with Crippen LogP contribution in [0.5, 0.6) is 11.5 Å². The van der Waals surface area contributed by atoms with Gasteiger partial charge in [-0.25, -0.2) is 0 Å². The molecule has 3 aromatic rings. The van der Waals surface area contributed by atoms with Crippen molar-refractivity contribution in [3.05, 3.63) is 58.4 Å². The molecule has 0 amide bonds. The van der Waals surface area contributed by atoms with Gasteiger partial charge in [0.25, 0.3) is 15.6 Å². The Morgan fingerprint density at radius 1 is 1.13 bits per heavy atom. The number of fused-ring (bicyclic) bond motifs is 2. The summed E-state index contributed by atoms with van der Waals surface area (Å²) in [7, 11) is -4.13. The maximum Gasteiger partial charge on any atom is 0.286 e. The number of amidine groups is 1. The molecule has 1 aliphatic heterocycles. The van der Waals surface area contributed by atoms with Gasteiger partial charge in [0.2, 0.25) is 0 Å². The van der Waals surface area contributed by atoms with E-state index in [9.17, 15) is 23.4 Å². The van der Waals surface area contributed by atoms with E-state index in [1.165, 1.54) is 22.8 Å². The number of para-hydroxylation sites is 1. The summed E-state index contributed by atoms with van der Waals surface area (Å²) >= 11 is 0. The van der Waals surface area contributed by atoms with Crippen LogP contribution in [0.15, 0.2) is 56.6 Å². The van der Waals surface area contributed by atoms with E-state index < -0.39 is 15.6 Å². The van der Waals surface area contributed by atoms with Crippen molar-refractivity contribution in [2.45, 2.75) is 31.7 Å². The van der Waals surface area contributed by atoms with Gasteiger partial charge in [-0.3, -0.25) is 4.79 Å². The molecule has 0 unspecified atom stereocenters. The lowest BCUT2D eigenvalue weighted by Crippen LogP contribution is -2.33. The maximum atomic E-state index is 13.3. The van der Waals surface area contributed by atoms with Crippen LogP contribution in [0, 0.1) is 5.92 Å². The molecular weight excluding hydrogens is 406 g/mol. The highest BCUT2D eigenvalue weighted by atomic mass is 32.2. The third kappa shape index (κ3) is 3.30. The fraction of sp³-hybridized carbons (Fsp3) is 0.238. The highest BCUT2D eigenvalue weighted by Gasteiger charge is 2.30. The van der Waals surface area contributed by atoms with E-state index in [4.69, 9.17) is 0 Å². The third-order valence-corrected chi connectivity index (χ3v) is 6.35. The number of aromatic hydroxyl groups is 2. The molecule has 2 aromatic carbocycles. The average molecular weight is 427 g/mol. The smallest absolute Gasteiger partial charge is 0.286 e. The molecule has 0 atom stereocenters. The monoisotopic (exact) mass is 427 g/mol. The van der Waals surface area contributed by atoms with Gasteiger partial charge in [0, 0.05) is 18.0 Å². The summed E-state index contributed by atoms with van der Waals surface area (Å²) in [5, 5.41) is 23.8. The number of sulfonamides is 1. The first-order chi connectivity index (χ1) is 14.2. The summed E-state index contributed by atoms with van der Waals surface area (Å²) in [4.78, 5) is 13.2. The van der Waals surface area contributed by atoms with Crippen LogP contribution < -0.4 is 10.9 Å². The molecule has 4 rings (SSSR count). The standard InChI is InChI=1S/C21H21N3O5S/c1-12(2)9-10-24-16-6-4-3-5-14(16)19(26)18(21(24)27)20-22-15-11-13(25)7-8-17(15)30(28,29)23-20/h3-8,11-12,25-26H,9-10H2,1-2H3,(H,22,23). The quantitative estimate of drug-likeness (QED) is 0.589. The van der Waals surface area contributed by atoms with Crippen LogP contribution in [-0.4, -0.2) is 29.0 Å². The first-order valence-corrected chi connectivity index (χ1v) is 10.9. The van der Waals surface area contributed by atoms with Gasteiger partial charge in [-0.1, -0.05) is 26.0 Å². The Morgan fingerprint density at radius 3 is 2.60 bits per heavy atom. The Hall–Kier alpha value is -3.33. The van der Waals surface area contributed by atoms with Crippen LogP contribution in [0.25, 0.3) is 10.9 Å². The molecular formula is C21H21N3O5S. The van der Waals surface area contributed by atoms with Crippen LogP contribution in [-0.2, 0) is 16.6 Å². The number of aromatic nitrogens is 1. The van der Waals surface area contributed by atoms with Crippen LogP contribution >= 0.6 is 0 Å². The second kappa shape index (κ2) is 7.17. The first-order valence-electron chi connectivity index (χ1n) is 9.49. The normalized spacial score (nSPS) is 15.0. The van der Waals surface area contributed by atoms with Crippen molar-refractivity contribution in [1.82, 2.24) is 4.57 Å². The van der Waals surface area contributed by atoms with Crippen LogP contribution in [0.2, 0.25) is 0 Å². The van der Waals surface area contributed by atoms with Gasteiger partial charge in [-0.2, -0.15) is 8.42 Å². The van der Waals surface area contributed by atoms with Crippen LogP contribution in [0.3, 0.4) is 0 Å². The molecule has 0 spiro atoms. The van der Waals surface area contributed by atoms with E-state index >= 15 is 0 Å². The van der Waals surface area contributed by atoms with Gasteiger partial charge in [0.1, 0.15) is 22.0 Å². The van der Waals surface area contributed by atoms with Crippen molar-refractivity contribution in [3.8, 4) is 11.5 Å². The van der Waals surface area contributed by atoms with Crippen LogP contribution in [0.4, 0.5) is 5.69 Å². The Balaban J connectivity index is 1.98. The number of phenols is 1. The van der Waals surface area contributed by atoms with Crippen molar-refractivity contribution in [2.75, 3.05) is 5.32 Å². The largest absolute Gasteiger partial charge is 0.508 e. The Bertz CT molecular complexity index is 1360. The van der Waals surface area contributed by atoms with Crippen molar-refractivity contribution >= 4 is 32.4 Å². The minimum absolute atomic E-state index is 0.0840. The zero-order valence-corrected chi connectivity index (χ0v) is 17.3. The molecule has 9 heteroatoms. The molecule has 2 heterocycles. The molecule has 1 aliphatic rings. The van der Waals surface area contributed by atoms with E-state index in [2.05, 4.69) is 9.71 Å². The van der Waals surface area contributed by atoms with Gasteiger partial charge in [-0.15, -0.1) is 4.40 Å². The molecule has 0 radical (unpaired) electrons. The molecule has 0 aliphatic carbocycles. The number of hydrogen-bond donors (Lipinski definition) is 3. The molecule has 1 aromatic heterocycles. The van der Waals surface area contributed by atoms with Gasteiger partial charge < -0.3 is 20.1 Å². The van der Waals surface area contributed by atoms with Crippen molar-refractivity contribution in [2.24, 2.45) is 10.3 Å². The molecule has 8 nitrogen and oxygen atoms in total. The highest BCUT2D eigenvalue weighted by Crippen LogP contribution is 2.34. The maximum absolute atomic E-state index is 13.3. The summed E-state index contributed by atoms with van der Waals surface area (Å²) in [6.07, 6.45) is 0.725. The lowest BCUT2D eigenvalue weighted by Gasteiger charge is -2.21. The first kappa shape index (κ1) is 20.0. The number of pyridine rings is 1. The number of nitrogens with zero attached hydrogens (tertiary/aromatic N) is 2. The number of hydrogen-bond acceptors (Lipinski definition) is 6. The lowest BCUT2D eigenvalue weighted by atomic mass is 10.1. The lowest BCUT2D eigenvalue weighted by molar-refractivity contribution is 0.474. The molecule has 0 fully saturated rings. The van der Waals surface area contributed by atoms with Gasteiger partial charge in [-0.05, 0) is 36.6 Å². The highest BCUT2D eigenvalue weighted by molar-refractivity contribution is 7.90. The Labute approximate surface area is 173 Å². The average Bonchev–Trinajstić information content (AvgIpc) is 2.67. The topological polar surface area (TPSA) is 121 Å². The van der Waals surface area contributed by atoms with Gasteiger partial charge >= 0.3 is 0 Å². The van der Waals surface area contributed by atoms with E-state index in [1.807, 2.05) is 13.8 Å². The third-order valence-electron chi connectivity index (χ3n) is 5.02. The predicted octanol–water partition coefficient (Wildman–Crippen LogP) is 3.02. The van der Waals surface area contributed by atoms with Crippen LogP contribution in [0.1, 0.15) is 25.8 Å². The molecule has 3 N–H and O–H groups in total. The number of rotatable bonds is 4. The van der Waals surface area contributed by atoms with Crippen molar-refractivity contribution in [3.63, 3.8) is 0 Å². The van der Waals surface area contributed by atoms with E-state index in [0.29, 0.717) is 23.4 Å². The fourth-order valence-corrected chi connectivity index (χ4v) is 4.58. The second-order valence-corrected chi connectivity index (χ2v) is 9.17. The zero-order valence-electron chi connectivity index (χ0n) is 16.5.